The molecule has 0 saturated carbocycles. The number of nitrogens with zero attached hydrogens (tertiary/aromatic N) is 4. The molecule has 27 heavy (non-hydrogen) atoms. The minimum Gasteiger partial charge on any atom is -0.490 e. The number of rotatable bonds is 4. The van der Waals surface area contributed by atoms with Crippen LogP contribution < -0.4 is 4.74 Å². The monoisotopic (exact) mass is 373 g/mol. The highest BCUT2D eigenvalue weighted by molar-refractivity contribution is 5.82. The van der Waals surface area contributed by atoms with Gasteiger partial charge >= 0.3 is 6.18 Å². The summed E-state index contributed by atoms with van der Waals surface area (Å²) >= 11 is 0. The summed E-state index contributed by atoms with van der Waals surface area (Å²) in [6, 6.07) is 9.32. The molecule has 0 aliphatic carbocycles. The molecular formula is C18H14F3N5O. The van der Waals surface area contributed by atoms with Crippen molar-refractivity contribution >= 4 is 0 Å². The predicted molar refractivity (Wildman–Crippen MR) is 90.5 cm³/mol. The average Bonchev–Trinajstić information content (AvgIpc) is 3.09. The van der Waals surface area contributed by atoms with E-state index in [2.05, 4.69) is 20.4 Å². The highest BCUT2D eigenvalue weighted by Crippen LogP contribution is 2.40. The number of nitriles is 1. The lowest BCUT2D eigenvalue weighted by molar-refractivity contribution is -0.141. The summed E-state index contributed by atoms with van der Waals surface area (Å²) in [5.74, 6) is 0.388. The molecule has 2 heterocycles. The van der Waals surface area contributed by atoms with Crippen LogP contribution in [0.4, 0.5) is 13.2 Å². The Kier molecular flexibility index (Phi) is 4.81. The molecule has 1 aromatic carbocycles. The number of aromatic nitrogens is 4. The molecule has 3 aromatic rings. The van der Waals surface area contributed by atoms with Crippen LogP contribution in [0.3, 0.4) is 0 Å². The summed E-state index contributed by atoms with van der Waals surface area (Å²) in [7, 11) is 0. The second-order valence-corrected chi connectivity index (χ2v) is 5.93. The first kappa shape index (κ1) is 18.4. The van der Waals surface area contributed by atoms with E-state index in [0.717, 1.165) is 12.3 Å². The zero-order valence-corrected chi connectivity index (χ0v) is 14.4. The van der Waals surface area contributed by atoms with Crippen LogP contribution in [-0.4, -0.2) is 26.5 Å². The third-order valence-corrected chi connectivity index (χ3v) is 3.65. The maximum Gasteiger partial charge on any atom is 0.433 e. The van der Waals surface area contributed by atoms with Gasteiger partial charge < -0.3 is 4.74 Å². The normalized spacial score (nSPS) is 11.4. The zero-order valence-electron chi connectivity index (χ0n) is 14.4. The van der Waals surface area contributed by atoms with Crippen molar-refractivity contribution in [1.29, 1.82) is 5.26 Å². The van der Waals surface area contributed by atoms with Crippen LogP contribution in [0, 0.1) is 11.3 Å². The Morgan fingerprint density at radius 2 is 1.89 bits per heavy atom. The molecule has 0 aliphatic heterocycles. The summed E-state index contributed by atoms with van der Waals surface area (Å²) < 4.78 is 44.2. The average molecular weight is 373 g/mol. The standard InChI is InChI=1S/C18H14F3N5O/c1-10(2)27-17-12(11-6-7-15(23-9-11)18(19,20)21)4-3-5-13(17)16-14(8-22)24-26-25-16/h3-7,9-10H,1-2H3,(H,24,25,26). The highest BCUT2D eigenvalue weighted by Gasteiger charge is 2.32. The molecule has 0 fully saturated rings. The number of hydrogen-bond donors (Lipinski definition) is 1. The molecule has 1 N–H and O–H groups in total. The van der Waals surface area contributed by atoms with Crippen molar-refractivity contribution in [2.24, 2.45) is 0 Å². The molecule has 0 saturated heterocycles. The van der Waals surface area contributed by atoms with E-state index in [9.17, 15) is 18.4 Å². The van der Waals surface area contributed by atoms with E-state index in [1.165, 1.54) is 6.07 Å². The molecule has 0 atom stereocenters. The predicted octanol–water partition coefficient (Wildman–Crippen LogP) is 4.21. The van der Waals surface area contributed by atoms with Gasteiger partial charge in [-0.2, -0.15) is 18.4 Å². The van der Waals surface area contributed by atoms with Crippen LogP contribution >= 0.6 is 0 Å². The first-order valence-electron chi connectivity index (χ1n) is 7.96. The van der Waals surface area contributed by atoms with Crippen LogP contribution in [0.5, 0.6) is 5.75 Å². The molecule has 0 spiro atoms. The van der Waals surface area contributed by atoms with E-state index >= 15 is 0 Å². The number of benzene rings is 1. The molecule has 0 bridgehead atoms. The molecule has 0 radical (unpaired) electrons. The van der Waals surface area contributed by atoms with Crippen LogP contribution in [0.2, 0.25) is 0 Å². The van der Waals surface area contributed by atoms with Crippen molar-refractivity contribution in [3.8, 4) is 34.2 Å². The lowest BCUT2D eigenvalue weighted by Gasteiger charge is -2.18. The Labute approximate surface area is 152 Å². The molecule has 6 nitrogen and oxygen atoms in total. The highest BCUT2D eigenvalue weighted by atomic mass is 19.4. The number of alkyl halides is 3. The van der Waals surface area contributed by atoms with Gasteiger partial charge in [-0.25, -0.2) is 5.10 Å². The second kappa shape index (κ2) is 7.07. The van der Waals surface area contributed by atoms with Crippen molar-refractivity contribution in [1.82, 2.24) is 20.4 Å². The fraction of sp³-hybridized carbons (Fsp3) is 0.222. The van der Waals surface area contributed by atoms with Gasteiger partial charge in [0.15, 0.2) is 5.69 Å². The Morgan fingerprint density at radius 3 is 2.48 bits per heavy atom. The van der Waals surface area contributed by atoms with E-state index in [1.54, 1.807) is 18.2 Å². The summed E-state index contributed by atoms with van der Waals surface area (Å²) in [4.78, 5) is 3.51. The van der Waals surface area contributed by atoms with Crippen LogP contribution in [0.25, 0.3) is 22.4 Å². The molecule has 2 aromatic heterocycles. The third kappa shape index (κ3) is 3.74. The fourth-order valence-corrected chi connectivity index (χ4v) is 2.53. The number of ether oxygens (including phenoxy) is 1. The van der Waals surface area contributed by atoms with E-state index in [4.69, 9.17) is 4.74 Å². The van der Waals surface area contributed by atoms with Gasteiger partial charge in [-0.05, 0) is 26.0 Å². The zero-order chi connectivity index (χ0) is 19.6. The number of H-pyrrole nitrogens is 1. The number of nitrogens with one attached hydrogen (secondary N) is 1. The van der Waals surface area contributed by atoms with Gasteiger partial charge in [0.25, 0.3) is 0 Å². The minimum atomic E-state index is -4.51. The quantitative estimate of drug-likeness (QED) is 0.740. The minimum absolute atomic E-state index is 0.159. The molecule has 0 amide bonds. The first-order valence-corrected chi connectivity index (χ1v) is 7.96. The molecule has 9 heteroatoms. The van der Waals surface area contributed by atoms with Gasteiger partial charge in [0, 0.05) is 22.9 Å². The largest absolute Gasteiger partial charge is 0.490 e. The summed E-state index contributed by atoms with van der Waals surface area (Å²) in [5, 5.41) is 19.3. The van der Waals surface area contributed by atoms with Gasteiger partial charge in [-0.3, -0.25) is 4.98 Å². The smallest absolute Gasteiger partial charge is 0.433 e. The van der Waals surface area contributed by atoms with Gasteiger partial charge in [0.1, 0.15) is 23.2 Å². The summed E-state index contributed by atoms with van der Waals surface area (Å²) in [6.07, 6.45) is -3.59. The molecular weight excluding hydrogens is 359 g/mol. The number of pyridine rings is 1. The topological polar surface area (TPSA) is 87.5 Å². The lowest BCUT2D eigenvalue weighted by Crippen LogP contribution is -2.09. The van der Waals surface area contributed by atoms with Crippen LogP contribution in [-0.2, 0) is 6.18 Å². The van der Waals surface area contributed by atoms with Gasteiger partial charge in [-0.15, -0.1) is 5.10 Å². The maximum atomic E-state index is 12.8. The van der Waals surface area contributed by atoms with E-state index in [1.807, 2.05) is 19.9 Å². The second-order valence-electron chi connectivity index (χ2n) is 5.93. The molecule has 0 unspecified atom stereocenters. The maximum absolute atomic E-state index is 12.8. The lowest BCUT2D eigenvalue weighted by atomic mass is 10.00. The van der Waals surface area contributed by atoms with Gasteiger partial charge in [-0.1, -0.05) is 23.4 Å². The molecule has 138 valence electrons. The van der Waals surface area contributed by atoms with Gasteiger partial charge in [0.2, 0.25) is 0 Å². The summed E-state index contributed by atoms with van der Waals surface area (Å²) in [6.45, 7) is 3.64. The SMILES string of the molecule is CC(C)Oc1c(-c2ccc(C(F)(F)F)nc2)cccc1-c1nn[nH]c1C#N. The number of para-hydroxylation sites is 1. The Bertz CT molecular complexity index is 987. The van der Waals surface area contributed by atoms with E-state index in [0.29, 0.717) is 28.1 Å². The number of aromatic amines is 1. The fourth-order valence-electron chi connectivity index (χ4n) is 2.53. The third-order valence-electron chi connectivity index (χ3n) is 3.65. The molecule has 0 aliphatic rings. The van der Waals surface area contributed by atoms with Crippen molar-refractivity contribution in [2.45, 2.75) is 26.1 Å². The van der Waals surface area contributed by atoms with Crippen molar-refractivity contribution in [2.75, 3.05) is 0 Å². The van der Waals surface area contributed by atoms with Crippen molar-refractivity contribution in [3.05, 3.63) is 47.9 Å². The van der Waals surface area contributed by atoms with Crippen molar-refractivity contribution in [3.63, 3.8) is 0 Å². The van der Waals surface area contributed by atoms with Crippen molar-refractivity contribution < 1.29 is 17.9 Å². The number of halogens is 3. The van der Waals surface area contributed by atoms with Crippen LogP contribution in [0.15, 0.2) is 36.5 Å². The Balaban J connectivity index is 2.16. The van der Waals surface area contributed by atoms with Gasteiger partial charge in [0.05, 0.1) is 6.10 Å². The Morgan fingerprint density at radius 1 is 1.15 bits per heavy atom. The number of hydrogen-bond acceptors (Lipinski definition) is 5. The summed E-state index contributed by atoms with van der Waals surface area (Å²) in [5.41, 5.74) is 0.974. The first-order chi connectivity index (χ1) is 12.8. The Hall–Kier alpha value is -3.41. The van der Waals surface area contributed by atoms with E-state index < -0.39 is 11.9 Å². The molecule has 3 rings (SSSR count). The van der Waals surface area contributed by atoms with Crippen LogP contribution in [0.1, 0.15) is 25.2 Å². The van der Waals surface area contributed by atoms with E-state index in [-0.39, 0.29) is 11.8 Å².